The molecule has 260 valence electrons. The number of benzene rings is 2. The molecule has 3 aromatic rings. The molecule has 1 saturated carbocycles. The Balaban J connectivity index is 1.19. The van der Waals surface area contributed by atoms with Crippen molar-refractivity contribution in [3.05, 3.63) is 72.2 Å². The van der Waals surface area contributed by atoms with E-state index >= 15 is 0 Å². The molecule has 2 saturated heterocycles. The largest absolute Gasteiger partial charge is 0.468 e. The number of amides is 1. The van der Waals surface area contributed by atoms with E-state index in [1.807, 2.05) is 44.2 Å². The van der Waals surface area contributed by atoms with Crippen molar-refractivity contribution in [1.82, 2.24) is 14.6 Å². The van der Waals surface area contributed by atoms with Gasteiger partial charge in [-0.25, -0.2) is 18.2 Å². The summed E-state index contributed by atoms with van der Waals surface area (Å²) in [4.78, 5) is 16.4. The third-order valence-corrected chi connectivity index (χ3v) is 10.9. The van der Waals surface area contributed by atoms with Gasteiger partial charge in [-0.2, -0.15) is 17.5 Å². The summed E-state index contributed by atoms with van der Waals surface area (Å²) in [7, 11) is -4.20. The molecule has 2 N–H and O–H groups in total. The average Bonchev–Trinajstić information content (AvgIpc) is 3.76. The van der Waals surface area contributed by atoms with Crippen molar-refractivity contribution in [2.45, 2.75) is 62.3 Å². The molecule has 5 unspecified atom stereocenters. The number of ether oxygens (including phenoxy) is 3. The second-order valence-corrected chi connectivity index (χ2v) is 14.9. The monoisotopic (exact) mass is 693 g/mol. The molecule has 7 atom stereocenters. The van der Waals surface area contributed by atoms with Crippen molar-refractivity contribution in [3.8, 4) is 11.3 Å². The Hall–Kier alpha value is -3.50. The van der Waals surface area contributed by atoms with Gasteiger partial charge >= 0.3 is 18.2 Å². The van der Waals surface area contributed by atoms with Crippen LogP contribution in [-0.2, 0) is 36.8 Å². The zero-order chi connectivity index (χ0) is 34.2. The van der Waals surface area contributed by atoms with E-state index in [-0.39, 0.29) is 65.7 Å². The molecule has 48 heavy (non-hydrogen) atoms. The molecule has 15 heteroatoms. The number of fused-ring (bicyclic) bond motifs is 1. The minimum absolute atomic E-state index is 0.0274. The zero-order valence-electron chi connectivity index (χ0n) is 26.4. The molecular formula is C33H38F3N3O8S. The summed E-state index contributed by atoms with van der Waals surface area (Å²) >= 11 is 0. The Morgan fingerprint density at radius 1 is 1.06 bits per heavy atom. The molecular weight excluding hydrogens is 655 g/mol. The second-order valence-electron chi connectivity index (χ2n) is 13.0. The third kappa shape index (κ3) is 7.39. The number of carbonyl (C=O) groups is 1. The number of aliphatic hydroxyl groups excluding tert-OH is 1. The molecule has 0 spiro atoms. The van der Waals surface area contributed by atoms with E-state index in [4.69, 9.17) is 18.6 Å². The highest BCUT2D eigenvalue weighted by Crippen LogP contribution is 2.49. The molecule has 1 aromatic heterocycles. The third-order valence-electron chi connectivity index (χ3n) is 9.08. The van der Waals surface area contributed by atoms with E-state index in [2.05, 4.69) is 10.3 Å². The first kappa shape index (κ1) is 34.4. The first-order chi connectivity index (χ1) is 22.8. The fraction of sp³-hybridized carbons (Fsp3) is 0.515. The molecule has 2 aromatic carbocycles. The fourth-order valence-electron chi connectivity index (χ4n) is 6.80. The summed E-state index contributed by atoms with van der Waals surface area (Å²) < 4.78 is 90.0. The van der Waals surface area contributed by atoms with Gasteiger partial charge in [-0.3, -0.25) is 0 Å². The zero-order valence-corrected chi connectivity index (χ0v) is 27.2. The van der Waals surface area contributed by atoms with Crippen LogP contribution in [0.1, 0.15) is 31.7 Å². The molecule has 0 radical (unpaired) electrons. The smallest absolute Gasteiger partial charge is 0.445 e. The maximum Gasteiger partial charge on any atom is 0.468 e. The van der Waals surface area contributed by atoms with Crippen LogP contribution in [0.4, 0.5) is 18.0 Å². The van der Waals surface area contributed by atoms with Crippen molar-refractivity contribution >= 4 is 16.1 Å². The Bertz CT molecular complexity index is 1670. The normalized spacial score (nSPS) is 25.0. The summed E-state index contributed by atoms with van der Waals surface area (Å²) in [5.74, 6) is -1.46. The molecule has 2 aliphatic heterocycles. The summed E-state index contributed by atoms with van der Waals surface area (Å²) in [5, 5.41) is 14.4. The van der Waals surface area contributed by atoms with Crippen LogP contribution in [-0.4, -0.2) is 79.7 Å². The number of sulfonamides is 1. The van der Waals surface area contributed by atoms with Gasteiger partial charge in [-0.15, -0.1) is 0 Å². The van der Waals surface area contributed by atoms with Gasteiger partial charge in [0.15, 0.2) is 12.1 Å². The van der Waals surface area contributed by atoms with Crippen LogP contribution in [0.25, 0.3) is 11.3 Å². The number of aliphatic hydroxyl groups is 1. The summed E-state index contributed by atoms with van der Waals surface area (Å²) in [5.41, 5.74) is 1.02. The van der Waals surface area contributed by atoms with E-state index in [1.165, 1.54) is 24.3 Å². The molecule has 3 fully saturated rings. The number of aromatic nitrogens is 1. The topological polar surface area (TPSA) is 140 Å². The Kier molecular flexibility index (Phi) is 9.87. The average molecular weight is 694 g/mol. The molecule has 6 rings (SSSR count). The number of alkyl carbamates (subject to hydrolysis) is 1. The minimum atomic E-state index is -4.76. The van der Waals surface area contributed by atoms with E-state index < -0.39 is 46.4 Å². The number of hydrogen-bond donors (Lipinski definition) is 2. The first-order valence-corrected chi connectivity index (χ1v) is 17.3. The Labute approximate surface area is 276 Å². The van der Waals surface area contributed by atoms with Crippen LogP contribution < -0.4 is 5.32 Å². The maximum atomic E-state index is 13.9. The SMILES string of the molecule is CC(C)CN(C[C@@H](O)[C@H](Cc1ccccc1)NC(=O)OC1C2COC3OCC1C3C2)S(=O)(=O)c1ccc(-c2cnc(C(F)(F)F)o2)cc1. The lowest BCUT2D eigenvalue weighted by atomic mass is 9.98. The van der Waals surface area contributed by atoms with Gasteiger partial charge in [0, 0.05) is 36.4 Å². The van der Waals surface area contributed by atoms with Crippen molar-refractivity contribution < 1.29 is 50.1 Å². The van der Waals surface area contributed by atoms with E-state index in [0.717, 1.165) is 22.5 Å². The lowest BCUT2D eigenvalue weighted by molar-refractivity contribution is -0.169. The van der Waals surface area contributed by atoms with Crippen LogP contribution in [0.2, 0.25) is 0 Å². The predicted molar refractivity (Wildman–Crippen MR) is 165 cm³/mol. The van der Waals surface area contributed by atoms with Crippen LogP contribution in [0.5, 0.6) is 0 Å². The van der Waals surface area contributed by atoms with E-state index in [1.54, 1.807) is 0 Å². The lowest BCUT2D eigenvalue weighted by Crippen LogP contribution is -2.52. The highest BCUT2D eigenvalue weighted by Gasteiger charge is 2.56. The number of nitrogens with one attached hydrogen (secondary N) is 1. The van der Waals surface area contributed by atoms with Crippen LogP contribution >= 0.6 is 0 Å². The first-order valence-electron chi connectivity index (χ1n) is 15.9. The van der Waals surface area contributed by atoms with Gasteiger partial charge < -0.3 is 29.1 Å². The van der Waals surface area contributed by atoms with Gasteiger partial charge in [0.25, 0.3) is 0 Å². The number of alkyl halides is 3. The standard InChI is InChI=1S/C33H38F3N3O8S/c1-19(2)15-39(48(42,43)23-10-8-21(9-11-23)28-14-37-31(46-28)33(34,35)36)16-27(40)26(12-20-6-4-3-5-7-20)38-32(41)47-29-22-13-24-25(29)18-45-30(24)44-17-22/h3-11,14,19,22,24-27,29-30,40H,12-13,15-18H2,1-2H3,(H,38,41)/t22?,24?,25?,26-,27+,29?,30?/m0/s1. The fourth-order valence-corrected chi connectivity index (χ4v) is 8.42. The van der Waals surface area contributed by atoms with Gasteiger partial charge in [-0.1, -0.05) is 44.2 Å². The number of rotatable bonds is 12. The molecule has 1 aliphatic carbocycles. The molecule has 2 bridgehead atoms. The molecule has 3 aliphatic rings. The van der Waals surface area contributed by atoms with Crippen molar-refractivity contribution in [1.29, 1.82) is 0 Å². The highest BCUT2D eigenvalue weighted by molar-refractivity contribution is 7.89. The number of oxazole rings is 1. The van der Waals surface area contributed by atoms with Crippen LogP contribution in [0.3, 0.4) is 0 Å². The highest BCUT2D eigenvalue weighted by atomic mass is 32.2. The summed E-state index contributed by atoms with van der Waals surface area (Å²) in [6.07, 6.45) is -5.52. The van der Waals surface area contributed by atoms with Crippen molar-refractivity contribution in [3.63, 3.8) is 0 Å². The Morgan fingerprint density at radius 2 is 1.77 bits per heavy atom. The van der Waals surface area contributed by atoms with Gasteiger partial charge in [0.2, 0.25) is 10.0 Å². The van der Waals surface area contributed by atoms with Crippen molar-refractivity contribution in [2.24, 2.45) is 23.7 Å². The lowest BCUT2D eigenvalue weighted by Gasteiger charge is -2.31. The number of nitrogens with zero attached hydrogens (tertiary/aromatic N) is 2. The van der Waals surface area contributed by atoms with Gasteiger partial charge in [-0.05, 0) is 48.6 Å². The number of carbonyl (C=O) groups excluding carboxylic acids is 1. The second kappa shape index (κ2) is 13.8. The van der Waals surface area contributed by atoms with E-state index in [9.17, 15) is 31.5 Å². The molecule has 3 heterocycles. The molecule has 11 nitrogen and oxygen atoms in total. The van der Waals surface area contributed by atoms with Crippen molar-refractivity contribution in [2.75, 3.05) is 26.3 Å². The molecule has 1 amide bonds. The number of hydrogen-bond acceptors (Lipinski definition) is 9. The predicted octanol–water partition coefficient (Wildman–Crippen LogP) is 4.71. The van der Waals surface area contributed by atoms with Gasteiger partial charge in [0.1, 0.15) is 6.10 Å². The van der Waals surface area contributed by atoms with E-state index in [0.29, 0.717) is 13.2 Å². The van der Waals surface area contributed by atoms with Crippen LogP contribution in [0.15, 0.2) is 70.1 Å². The quantitative estimate of drug-likeness (QED) is 0.276. The maximum absolute atomic E-state index is 13.9. The summed E-state index contributed by atoms with van der Waals surface area (Å²) in [6, 6.07) is 13.4. The number of halogens is 3. The Morgan fingerprint density at radius 3 is 2.44 bits per heavy atom. The van der Waals surface area contributed by atoms with Gasteiger partial charge in [0.05, 0.1) is 36.5 Å². The summed E-state index contributed by atoms with van der Waals surface area (Å²) in [6.45, 7) is 4.23. The minimum Gasteiger partial charge on any atom is -0.445 e. The van der Waals surface area contributed by atoms with Crippen LogP contribution in [0, 0.1) is 23.7 Å².